The molecular formula is C14H18N2O. The molecule has 0 spiro atoms. The van der Waals surface area contributed by atoms with E-state index in [2.05, 4.69) is 23.3 Å². The summed E-state index contributed by atoms with van der Waals surface area (Å²) in [7, 11) is 1.92. The summed E-state index contributed by atoms with van der Waals surface area (Å²) >= 11 is 0. The summed E-state index contributed by atoms with van der Waals surface area (Å²) in [6, 6.07) is 8.09. The number of aryl methyl sites for hydroxylation is 1. The first kappa shape index (κ1) is 11.7. The molecule has 1 heterocycles. The molecule has 17 heavy (non-hydrogen) atoms. The van der Waals surface area contributed by atoms with Crippen LogP contribution >= 0.6 is 0 Å². The zero-order valence-corrected chi connectivity index (χ0v) is 10.6. The SMILES string of the molecule is CCCOc1cccc2c(NC)cc(C)nc12. The van der Waals surface area contributed by atoms with Crippen molar-refractivity contribution in [2.24, 2.45) is 0 Å². The lowest BCUT2D eigenvalue weighted by Gasteiger charge is -2.11. The lowest BCUT2D eigenvalue weighted by molar-refractivity contribution is 0.320. The van der Waals surface area contributed by atoms with Crippen molar-refractivity contribution >= 4 is 16.6 Å². The molecule has 0 aliphatic rings. The van der Waals surface area contributed by atoms with Crippen molar-refractivity contribution in [3.8, 4) is 5.75 Å². The molecule has 0 aliphatic heterocycles. The largest absolute Gasteiger partial charge is 0.491 e. The summed E-state index contributed by atoms with van der Waals surface area (Å²) in [6.45, 7) is 4.82. The smallest absolute Gasteiger partial charge is 0.145 e. The average Bonchev–Trinajstić information content (AvgIpc) is 2.35. The van der Waals surface area contributed by atoms with Crippen LogP contribution in [-0.4, -0.2) is 18.6 Å². The van der Waals surface area contributed by atoms with Gasteiger partial charge in [0, 0.05) is 23.8 Å². The van der Waals surface area contributed by atoms with Crippen molar-refractivity contribution in [2.45, 2.75) is 20.3 Å². The molecule has 3 heteroatoms. The Hall–Kier alpha value is -1.77. The number of rotatable bonds is 4. The number of benzene rings is 1. The molecule has 1 aromatic carbocycles. The quantitative estimate of drug-likeness (QED) is 0.874. The van der Waals surface area contributed by atoms with Crippen LogP contribution in [0.4, 0.5) is 5.69 Å². The van der Waals surface area contributed by atoms with Crippen LogP contribution in [0.1, 0.15) is 19.0 Å². The molecule has 0 aliphatic carbocycles. The van der Waals surface area contributed by atoms with E-state index in [0.29, 0.717) is 0 Å². The molecule has 0 atom stereocenters. The van der Waals surface area contributed by atoms with Crippen LogP contribution in [0.5, 0.6) is 5.75 Å². The Morgan fingerprint density at radius 3 is 2.88 bits per heavy atom. The third-order valence-corrected chi connectivity index (χ3v) is 2.66. The molecule has 0 saturated carbocycles. The van der Waals surface area contributed by atoms with Gasteiger partial charge in [-0.2, -0.15) is 0 Å². The normalized spacial score (nSPS) is 10.5. The molecule has 2 rings (SSSR count). The Balaban J connectivity index is 2.58. The molecule has 0 saturated heterocycles. The number of anilines is 1. The average molecular weight is 230 g/mol. The molecule has 0 amide bonds. The predicted molar refractivity (Wildman–Crippen MR) is 71.8 cm³/mol. The van der Waals surface area contributed by atoms with Crippen molar-refractivity contribution in [3.63, 3.8) is 0 Å². The fourth-order valence-corrected chi connectivity index (χ4v) is 1.89. The lowest BCUT2D eigenvalue weighted by atomic mass is 10.1. The highest BCUT2D eigenvalue weighted by Gasteiger charge is 2.07. The van der Waals surface area contributed by atoms with E-state index < -0.39 is 0 Å². The third-order valence-electron chi connectivity index (χ3n) is 2.66. The third kappa shape index (κ3) is 2.33. The molecule has 0 unspecified atom stereocenters. The number of fused-ring (bicyclic) bond motifs is 1. The van der Waals surface area contributed by atoms with E-state index in [1.165, 1.54) is 0 Å². The molecule has 0 bridgehead atoms. The van der Waals surface area contributed by atoms with E-state index in [-0.39, 0.29) is 0 Å². The summed E-state index contributed by atoms with van der Waals surface area (Å²) in [5.74, 6) is 0.865. The van der Waals surface area contributed by atoms with E-state index in [0.717, 1.165) is 41.1 Å². The summed E-state index contributed by atoms with van der Waals surface area (Å²) in [5, 5.41) is 4.30. The van der Waals surface area contributed by atoms with Gasteiger partial charge in [-0.25, -0.2) is 4.98 Å². The Morgan fingerprint density at radius 2 is 2.18 bits per heavy atom. The van der Waals surface area contributed by atoms with Gasteiger partial charge in [-0.15, -0.1) is 0 Å². The van der Waals surface area contributed by atoms with Crippen LogP contribution in [0.25, 0.3) is 10.9 Å². The van der Waals surface area contributed by atoms with Gasteiger partial charge in [0.05, 0.1) is 6.61 Å². The number of aromatic nitrogens is 1. The first-order valence-corrected chi connectivity index (χ1v) is 5.97. The summed E-state index contributed by atoms with van der Waals surface area (Å²) in [5.41, 5.74) is 3.02. The van der Waals surface area contributed by atoms with Gasteiger partial charge in [-0.1, -0.05) is 19.1 Å². The molecule has 0 fully saturated rings. The second-order valence-corrected chi connectivity index (χ2v) is 4.06. The van der Waals surface area contributed by atoms with Gasteiger partial charge in [0.25, 0.3) is 0 Å². The minimum Gasteiger partial charge on any atom is -0.491 e. The second kappa shape index (κ2) is 5.04. The maximum Gasteiger partial charge on any atom is 0.145 e. The molecule has 90 valence electrons. The summed E-state index contributed by atoms with van der Waals surface area (Å²) in [4.78, 5) is 4.57. The topological polar surface area (TPSA) is 34.1 Å². The van der Waals surface area contributed by atoms with Gasteiger partial charge in [-0.3, -0.25) is 0 Å². The predicted octanol–water partition coefficient (Wildman–Crippen LogP) is 3.37. The van der Waals surface area contributed by atoms with Crippen LogP contribution in [0, 0.1) is 6.92 Å². The fraction of sp³-hybridized carbons (Fsp3) is 0.357. The van der Waals surface area contributed by atoms with Crippen LogP contribution in [0.3, 0.4) is 0 Å². The van der Waals surface area contributed by atoms with E-state index >= 15 is 0 Å². The number of para-hydroxylation sites is 1. The van der Waals surface area contributed by atoms with Gasteiger partial charge in [0.15, 0.2) is 0 Å². The Morgan fingerprint density at radius 1 is 1.35 bits per heavy atom. The number of hydrogen-bond acceptors (Lipinski definition) is 3. The van der Waals surface area contributed by atoms with E-state index in [1.807, 2.05) is 32.2 Å². The molecule has 3 nitrogen and oxygen atoms in total. The fourth-order valence-electron chi connectivity index (χ4n) is 1.89. The zero-order chi connectivity index (χ0) is 12.3. The number of pyridine rings is 1. The van der Waals surface area contributed by atoms with E-state index in [9.17, 15) is 0 Å². The van der Waals surface area contributed by atoms with E-state index in [1.54, 1.807) is 0 Å². The maximum absolute atomic E-state index is 5.73. The molecular weight excluding hydrogens is 212 g/mol. The van der Waals surface area contributed by atoms with Gasteiger partial charge in [0.1, 0.15) is 11.3 Å². The van der Waals surface area contributed by atoms with Crippen LogP contribution < -0.4 is 10.1 Å². The van der Waals surface area contributed by atoms with Crippen molar-refractivity contribution < 1.29 is 4.74 Å². The minimum atomic E-state index is 0.726. The van der Waals surface area contributed by atoms with Gasteiger partial charge in [-0.05, 0) is 25.5 Å². The maximum atomic E-state index is 5.73. The summed E-state index contributed by atoms with van der Waals surface area (Å²) < 4.78 is 5.73. The number of ether oxygens (including phenoxy) is 1. The highest BCUT2D eigenvalue weighted by atomic mass is 16.5. The van der Waals surface area contributed by atoms with Gasteiger partial charge >= 0.3 is 0 Å². The first-order valence-electron chi connectivity index (χ1n) is 5.97. The first-order chi connectivity index (χ1) is 8.26. The van der Waals surface area contributed by atoms with Crippen LogP contribution in [-0.2, 0) is 0 Å². The number of hydrogen-bond donors (Lipinski definition) is 1. The van der Waals surface area contributed by atoms with Gasteiger partial charge < -0.3 is 10.1 Å². The standard InChI is InChI=1S/C14H18N2O/c1-4-8-17-13-7-5-6-11-12(15-3)9-10(2)16-14(11)13/h5-7,9H,4,8H2,1-3H3,(H,15,16). The molecule has 2 aromatic rings. The molecule has 1 N–H and O–H groups in total. The van der Waals surface area contributed by atoms with Crippen LogP contribution in [0.15, 0.2) is 24.3 Å². The Labute approximate surface area is 102 Å². The lowest BCUT2D eigenvalue weighted by Crippen LogP contribution is -1.99. The zero-order valence-electron chi connectivity index (χ0n) is 10.6. The highest BCUT2D eigenvalue weighted by Crippen LogP contribution is 2.29. The number of nitrogens with zero attached hydrogens (tertiary/aromatic N) is 1. The molecule has 1 aromatic heterocycles. The van der Waals surface area contributed by atoms with Crippen molar-refractivity contribution in [2.75, 3.05) is 19.0 Å². The Kier molecular flexibility index (Phi) is 3.47. The van der Waals surface area contributed by atoms with Crippen molar-refractivity contribution in [3.05, 3.63) is 30.0 Å². The minimum absolute atomic E-state index is 0.726. The monoisotopic (exact) mass is 230 g/mol. The molecule has 0 radical (unpaired) electrons. The van der Waals surface area contributed by atoms with Crippen LogP contribution in [0.2, 0.25) is 0 Å². The Bertz CT molecular complexity index is 523. The van der Waals surface area contributed by atoms with Crippen molar-refractivity contribution in [1.82, 2.24) is 4.98 Å². The van der Waals surface area contributed by atoms with Crippen molar-refractivity contribution in [1.29, 1.82) is 0 Å². The van der Waals surface area contributed by atoms with E-state index in [4.69, 9.17) is 4.74 Å². The second-order valence-electron chi connectivity index (χ2n) is 4.06. The highest BCUT2D eigenvalue weighted by molar-refractivity contribution is 5.95. The van der Waals surface area contributed by atoms with Gasteiger partial charge in [0.2, 0.25) is 0 Å². The summed E-state index contributed by atoms with van der Waals surface area (Å²) in [6.07, 6.45) is 1.00. The number of nitrogens with one attached hydrogen (secondary N) is 1.